The molecule has 162 valence electrons. The number of hydrogen-bond acceptors (Lipinski definition) is 6. The Hall–Kier alpha value is -3.26. The molecular weight excluding hydrogens is 416 g/mol. The van der Waals surface area contributed by atoms with Gasteiger partial charge in [-0.15, -0.1) is 0 Å². The Bertz CT molecular complexity index is 999. The molecule has 0 saturated carbocycles. The van der Waals surface area contributed by atoms with E-state index in [-0.39, 0.29) is 23.2 Å². The molecule has 1 aliphatic heterocycles. The molecule has 0 bridgehead atoms. The second-order valence-corrected chi connectivity index (χ2v) is 7.73. The highest BCUT2D eigenvalue weighted by Gasteiger charge is 2.36. The third-order valence-corrected chi connectivity index (χ3v) is 5.68. The zero-order valence-electron chi connectivity index (χ0n) is 17.4. The van der Waals surface area contributed by atoms with E-state index >= 15 is 0 Å². The average Bonchev–Trinajstić information content (AvgIpc) is 3.03. The SMILES string of the molecule is CCN(CC)c1ccc(N2C(=O)S/C(=C/c3ccccc3OCCC(=O)O)C2=O)cc1. The Kier molecular flexibility index (Phi) is 7.36. The molecule has 2 amide bonds. The highest BCUT2D eigenvalue weighted by Crippen LogP contribution is 2.37. The summed E-state index contributed by atoms with van der Waals surface area (Å²) in [7, 11) is 0. The van der Waals surface area contributed by atoms with Crippen molar-refractivity contribution in [2.24, 2.45) is 0 Å². The van der Waals surface area contributed by atoms with Gasteiger partial charge in [0.15, 0.2) is 0 Å². The molecule has 31 heavy (non-hydrogen) atoms. The van der Waals surface area contributed by atoms with Crippen LogP contribution in [0.1, 0.15) is 25.8 Å². The first-order valence-corrected chi connectivity index (χ1v) is 10.8. The number of hydrogen-bond donors (Lipinski definition) is 1. The van der Waals surface area contributed by atoms with E-state index < -0.39 is 11.9 Å². The maximum absolute atomic E-state index is 13.0. The quantitative estimate of drug-likeness (QED) is 0.569. The first kappa shape index (κ1) is 22.4. The zero-order chi connectivity index (χ0) is 22.4. The number of ether oxygens (including phenoxy) is 1. The van der Waals surface area contributed by atoms with Gasteiger partial charge in [-0.3, -0.25) is 14.4 Å². The van der Waals surface area contributed by atoms with Crippen molar-refractivity contribution in [1.82, 2.24) is 0 Å². The minimum Gasteiger partial charge on any atom is -0.492 e. The minimum absolute atomic E-state index is 0.0144. The number of anilines is 2. The van der Waals surface area contributed by atoms with Gasteiger partial charge in [-0.1, -0.05) is 18.2 Å². The highest BCUT2D eigenvalue weighted by atomic mass is 32.2. The van der Waals surface area contributed by atoms with Crippen LogP contribution >= 0.6 is 11.8 Å². The van der Waals surface area contributed by atoms with Gasteiger partial charge >= 0.3 is 5.97 Å². The maximum Gasteiger partial charge on any atom is 0.306 e. The molecule has 0 aliphatic carbocycles. The van der Waals surface area contributed by atoms with Gasteiger partial charge in [0.25, 0.3) is 11.1 Å². The van der Waals surface area contributed by atoms with E-state index in [0.29, 0.717) is 17.0 Å². The second-order valence-electron chi connectivity index (χ2n) is 6.74. The van der Waals surface area contributed by atoms with Crippen molar-refractivity contribution < 1.29 is 24.2 Å². The summed E-state index contributed by atoms with van der Waals surface area (Å²) >= 11 is 0.867. The molecule has 1 heterocycles. The number of carbonyl (C=O) groups excluding carboxylic acids is 2. The fourth-order valence-electron chi connectivity index (χ4n) is 3.21. The van der Waals surface area contributed by atoms with Gasteiger partial charge in [-0.25, -0.2) is 4.90 Å². The summed E-state index contributed by atoms with van der Waals surface area (Å²) in [6, 6.07) is 14.4. The predicted molar refractivity (Wildman–Crippen MR) is 123 cm³/mol. The number of carbonyl (C=O) groups is 3. The van der Waals surface area contributed by atoms with Gasteiger partial charge in [-0.05, 0) is 62.0 Å². The number of benzene rings is 2. The molecule has 0 unspecified atom stereocenters. The summed E-state index contributed by atoms with van der Waals surface area (Å²) in [5.41, 5.74) is 2.16. The predicted octanol–water partition coefficient (Wildman–Crippen LogP) is 4.63. The number of rotatable bonds is 9. The highest BCUT2D eigenvalue weighted by molar-refractivity contribution is 8.19. The van der Waals surface area contributed by atoms with Crippen molar-refractivity contribution in [2.75, 3.05) is 29.5 Å². The fourth-order valence-corrected chi connectivity index (χ4v) is 4.04. The van der Waals surface area contributed by atoms with Gasteiger partial charge in [-0.2, -0.15) is 0 Å². The largest absolute Gasteiger partial charge is 0.492 e. The van der Waals surface area contributed by atoms with Crippen LogP contribution in [0, 0.1) is 0 Å². The van der Waals surface area contributed by atoms with Crippen LogP contribution in [0.15, 0.2) is 53.4 Å². The molecule has 0 atom stereocenters. The first-order chi connectivity index (χ1) is 14.9. The number of nitrogens with zero attached hydrogens (tertiary/aromatic N) is 2. The lowest BCUT2D eigenvalue weighted by atomic mass is 10.1. The smallest absolute Gasteiger partial charge is 0.306 e. The number of aliphatic carboxylic acids is 1. The number of amides is 2. The maximum atomic E-state index is 13.0. The van der Waals surface area contributed by atoms with E-state index in [1.54, 1.807) is 42.5 Å². The third-order valence-electron chi connectivity index (χ3n) is 4.81. The van der Waals surface area contributed by atoms with E-state index in [0.717, 1.165) is 35.4 Å². The van der Waals surface area contributed by atoms with Gasteiger partial charge in [0, 0.05) is 24.3 Å². The molecule has 1 aliphatic rings. The van der Waals surface area contributed by atoms with Crippen LogP contribution in [0.4, 0.5) is 16.2 Å². The van der Waals surface area contributed by atoms with Crippen molar-refractivity contribution in [3.63, 3.8) is 0 Å². The van der Waals surface area contributed by atoms with E-state index in [9.17, 15) is 14.4 Å². The van der Waals surface area contributed by atoms with Crippen LogP contribution in [0.25, 0.3) is 6.08 Å². The van der Waals surface area contributed by atoms with Crippen molar-refractivity contribution in [1.29, 1.82) is 0 Å². The molecule has 0 aromatic heterocycles. The molecule has 7 nitrogen and oxygen atoms in total. The van der Waals surface area contributed by atoms with E-state index in [1.165, 1.54) is 0 Å². The van der Waals surface area contributed by atoms with Crippen LogP contribution < -0.4 is 14.5 Å². The molecule has 1 fully saturated rings. The first-order valence-electron chi connectivity index (χ1n) is 10.0. The van der Waals surface area contributed by atoms with Crippen LogP contribution in [0.5, 0.6) is 5.75 Å². The normalized spacial score (nSPS) is 14.9. The summed E-state index contributed by atoms with van der Waals surface area (Å²) < 4.78 is 5.54. The van der Waals surface area contributed by atoms with Gasteiger partial charge in [0.05, 0.1) is 23.6 Å². The summed E-state index contributed by atoms with van der Waals surface area (Å²) in [6.07, 6.45) is 1.47. The Labute approximate surface area is 185 Å². The lowest BCUT2D eigenvalue weighted by molar-refractivity contribution is -0.137. The van der Waals surface area contributed by atoms with Crippen LogP contribution in [0.3, 0.4) is 0 Å². The van der Waals surface area contributed by atoms with Crippen LogP contribution in [-0.2, 0) is 9.59 Å². The number of imide groups is 1. The molecule has 3 rings (SSSR count). The topological polar surface area (TPSA) is 87.2 Å². The number of carboxylic acids is 1. The standard InChI is InChI=1S/C23H24N2O5S/c1-3-24(4-2)17-9-11-18(12-10-17)25-22(28)20(31-23(25)29)15-16-7-5-6-8-19(16)30-14-13-21(26)27/h5-12,15H,3-4,13-14H2,1-2H3,(H,26,27)/b20-15+. The van der Waals surface area contributed by atoms with Crippen molar-refractivity contribution >= 4 is 46.3 Å². The molecular formula is C23H24N2O5S. The number of carboxylic acid groups (broad SMARTS) is 1. The van der Waals surface area contributed by atoms with Gasteiger partial charge in [0.2, 0.25) is 0 Å². The van der Waals surface area contributed by atoms with Crippen LogP contribution in [0.2, 0.25) is 0 Å². The monoisotopic (exact) mass is 440 g/mol. The lowest BCUT2D eigenvalue weighted by Gasteiger charge is -2.22. The Morgan fingerprint density at radius 2 is 1.77 bits per heavy atom. The second kappa shape index (κ2) is 10.2. The average molecular weight is 441 g/mol. The Balaban J connectivity index is 1.81. The summed E-state index contributed by atoms with van der Waals surface area (Å²) in [4.78, 5) is 39.9. The van der Waals surface area contributed by atoms with E-state index in [2.05, 4.69) is 18.7 Å². The number of para-hydroxylation sites is 1. The van der Waals surface area contributed by atoms with Gasteiger partial charge < -0.3 is 14.7 Å². The molecule has 2 aromatic rings. The van der Waals surface area contributed by atoms with Crippen molar-refractivity contribution in [3.05, 3.63) is 59.0 Å². The van der Waals surface area contributed by atoms with Crippen molar-refractivity contribution in [2.45, 2.75) is 20.3 Å². The van der Waals surface area contributed by atoms with E-state index in [4.69, 9.17) is 9.84 Å². The summed E-state index contributed by atoms with van der Waals surface area (Å²) in [5.74, 6) is -0.893. The lowest BCUT2D eigenvalue weighted by Crippen LogP contribution is -2.28. The molecule has 1 saturated heterocycles. The third kappa shape index (κ3) is 5.27. The minimum atomic E-state index is -0.953. The molecule has 0 spiro atoms. The van der Waals surface area contributed by atoms with Crippen molar-refractivity contribution in [3.8, 4) is 5.75 Å². The van der Waals surface area contributed by atoms with E-state index in [1.807, 2.05) is 12.1 Å². The summed E-state index contributed by atoms with van der Waals surface area (Å²) in [5, 5.41) is 8.42. The molecule has 8 heteroatoms. The van der Waals surface area contributed by atoms with Crippen LogP contribution in [-0.4, -0.2) is 41.9 Å². The molecule has 2 aromatic carbocycles. The summed E-state index contributed by atoms with van der Waals surface area (Å²) in [6.45, 7) is 5.90. The Morgan fingerprint density at radius 1 is 1.10 bits per heavy atom. The molecule has 0 radical (unpaired) electrons. The Morgan fingerprint density at radius 3 is 2.42 bits per heavy atom. The van der Waals surface area contributed by atoms with Gasteiger partial charge in [0.1, 0.15) is 5.75 Å². The molecule has 1 N–H and O–H groups in total. The fraction of sp³-hybridized carbons (Fsp3) is 0.261. The zero-order valence-corrected chi connectivity index (χ0v) is 18.2. The number of thioether (sulfide) groups is 1.